The maximum Gasteiger partial charge on any atom is 0.319 e. The summed E-state index contributed by atoms with van der Waals surface area (Å²) < 4.78 is 59.7. The minimum Gasteiger partial charge on any atom is -0.508 e. The first-order valence-corrected chi connectivity index (χ1v) is 16.4. The molecule has 5 heterocycles. The van der Waals surface area contributed by atoms with E-state index in [1.165, 1.54) is 18.2 Å². The van der Waals surface area contributed by atoms with Gasteiger partial charge in [-0.1, -0.05) is 13.0 Å². The van der Waals surface area contributed by atoms with Gasteiger partial charge in [-0.05, 0) is 86.5 Å². The molecule has 11 heteroatoms. The van der Waals surface area contributed by atoms with E-state index < -0.39 is 28.9 Å². The summed E-state index contributed by atoms with van der Waals surface area (Å²) in [5.74, 6) is -0.620. The summed E-state index contributed by atoms with van der Waals surface area (Å²) >= 11 is 0. The van der Waals surface area contributed by atoms with Crippen molar-refractivity contribution in [2.45, 2.75) is 88.6 Å². The van der Waals surface area contributed by atoms with Crippen molar-refractivity contribution < 1.29 is 27.8 Å². The van der Waals surface area contributed by atoms with Crippen LogP contribution in [-0.2, 0) is 6.42 Å². The van der Waals surface area contributed by atoms with Crippen LogP contribution >= 0.6 is 0 Å². The third kappa shape index (κ3) is 4.56. The van der Waals surface area contributed by atoms with Gasteiger partial charge in [0.15, 0.2) is 5.82 Å². The van der Waals surface area contributed by atoms with Crippen molar-refractivity contribution in [3.8, 4) is 28.9 Å². The molecule has 2 aromatic carbocycles. The molecule has 0 radical (unpaired) electrons. The topological polar surface area (TPSA) is 83.8 Å². The van der Waals surface area contributed by atoms with Crippen LogP contribution in [0.3, 0.4) is 0 Å². The Balaban J connectivity index is 1.36. The Bertz CT molecular complexity index is 1890. The first-order chi connectivity index (χ1) is 22.1. The highest BCUT2D eigenvalue weighted by Crippen LogP contribution is 2.47. The highest BCUT2D eigenvalue weighted by atomic mass is 19.1. The number of phenols is 1. The minimum absolute atomic E-state index is 0.0000800. The molecule has 2 aromatic heterocycles. The molecule has 2 saturated heterocycles. The number of hydrogen-bond acceptors (Lipinski definition) is 8. The van der Waals surface area contributed by atoms with Crippen LogP contribution in [0.5, 0.6) is 17.6 Å². The number of phenolic OH excluding ortho intramolecular Hbond substituents is 1. The van der Waals surface area contributed by atoms with Gasteiger partial charge in [-0.25, -0.2) is 18.2 Å². The lowest BCUT2D eigenvalue weighted by Crippen LogP contribution is -2.48. The van der Waals surface area contributed by atoms with Crippen LogP contribution < -0.4 is 14.4 Å². The molecule has 0 spiro atoms. The molecule has 1 saturated carbocycles. The van der Waals surface area contributed by atoms with Crippen LogP contribution in [0.25, 0.3) is 32.9 Å². The van der Waals surface area contributed by atoms with Gasteiger partial charge in [0.05, 0.1) is 5.54 Å². The van der Waals surface area contributed by atoms with Gasteiger partial charge < -0.3 is 19.5 Å². The lowest BCUT2D eigenvalue weighted by molar-refractivity contribution is 0.0359. The molecular weight excluding hydrogens is 595 g/mol. The third-order valence-corrected chi connectivity index (χ3v) is 10.8. The van der Waals surface area contributed by atoms with Gasteiger partial charge in [-0.15, -0.1) is 0 Å². The number of halogens is 3. The van der Waals surface area contributed by atoms with Gasteiger partial charge in [-0.2, -0.15) is 9.97 Å². The Hall–Kier alpha value is -3.86. The molecule has 4 aliphatic rings. The van der Waals surface area contributed by atoms with Crippen molar-refractivity contribution in [3.05, 3.63) is 41.5 Å². The van der Waals surface area contributed by atoms with Crippen molar-refractivity contribution in [2.24, 2.45) is 0 Å². The molecule has 46 heavy (non-hydrogen) atoms. The zero-order valence-corrected chi connectivity index (χ0v) is 26.4. The summed E-state index contributed by atoms with van der Waals surface area (Å²) in [4.78, 5) is 18.5. The summed E-state index contributed by atoms with van der Waals surface area (Å²) in [6, 6.07) is 5.97. The standard InChI is InChI=1S/C35H38F3N5O3/c1-4-23-25(37)9-8-19-13-22(44)14-24(26(19)23)29-28(38)30-27-31(42(3)21-7-5-10-34(2,16-21)46-32(27)39-29)41-33(40-30)45-18-35-11-6-12-43(35)17-20(36)15-35/h8-9,13-14,20-21,44H,4-7,10-12,15-18H2,1-3H3/t20-,21?,34?,35+/m1/s1. The quantitative estimate of drug-likeness (QED) is 0.255. The van der Waals surface area contributed by atoms with Crippen molar-refractivity contribution in [1.29, 1.82) is 0 Å². The van der Waals surface area contributed by atoms with Gasteiger partial charge in [-0.3, -0.25) is 4.90 Å². The van der Waals surface area contributed by atoms with Gasteiger partial charge in [0.1, 0.15) is 52.4 Å². The fraction of sp³-hybridized carbons (Fsp3) is 0.514. The highest BCUT2D eigenvalue weighted by molar-refractivity contribution is 6.03. The Kier molecular flexibility index (Phi) is 6.80. The first-order valence-electron chi connectivity index (χ1n) is 16.4. The van der Waals surface area contributed by atoms with Crippen LogP contribution in [0.1, 0.15) is 64.4 Å². The van der Waals surface area contributed by atoms with Gasteiger partial charge >= 0.3 is 6.01 Å². The predicted molar refractivity (Wildman–Crippen MR) is 169 cm³/mol. The molecule has 8 nitrogen and oxygen atoms in total. The average Bonchev–Trinajstić information content (AvgIpc) is 3.55. The highest BCUT2D eigenvalue weighted by Gasteiger charge is 2.49. The molecule has 2 unspecified atom stereocenters. The lowest BCUT2D eigenvalue weighted by Gasteiger charge is -2.44. The Labute approximate surface area is 265 Å². The zero-order chi connectivity index (χ0) is 32.0. The molecular formula is C35H38F3N5O3. The fourth-order valence-electron chi connectivity index (χ4n) is 8.60. The monoisotopic (exact) mass is 633 g/mol. The second kappa shape index (κ2) is 10.6. The molecule has 3 aliphatic heterocycles. The number of alkyl halides is 1. The number of aryl methyl sites for hydroxylation is 1. The smallest absolute Gasteiger partial charge is 0.319 e. The minimum atomic E-state index is -0.915. The second-order valence-corrected chi connectivity index (χ2v) is 13.9. The molecule has 3 fully saturated rings. The normalized spacial score (nSPS) is 27.5. The molecule has 2 bridgehead atoms. The molecule has 4 aromatic rings. The second-order valence-electron chi connectivity index (χ2n) is 13.9. The molecule has 1 N–H and O–H groups in total. The van der Waals surface area contributed by atoms with Crippen LogP contribution in [0, 0.1) is 11.6 Å². The van der Waals surface area contributed by atoms with Gasteiger partial charge in [0.2, 0.25) is 5.88 Å². The number of aromatic hydroxyl groups is 1. The fourth-order valence-corrected chi connectivity index (χ4v) is 8.60. The molecule has 4 atom stereocenters. The number of nitrogens with zero attached hydrogens (tertiary/aromatic N) is 5. The number of aromatic nitrogens is 3. The van der Waals surface area contributed by atoms with E-state index >= 15 is 8.78 Å². The number of fused-ring (bicyclic) bond motifs is 4. The van der Waals surface area contributed by atoms with Crippen molar-refractivity contribution in [3.63, 3.8) is 0 Å². The van der Waals surface area contributed by atoms with Crippen LogP contribution in [0.4, 0.5) is 19.0 Å². The Morgan fingerprint density at radius 2 is 1.93 bits per heavy atom. The van der Waals surface area contributed by atoms with E-state index in [-0.39, 0.29) is 47.1 Å². The van der Waals surface area contributed by atoms with E-state index in [0.29, 0.717) is 46.9 Å². The third-order valence-electron chi connectivity index (χ3n) is 10.8. The number of pyridine rings is 1. The van der Waals surface area contributed by atoms with Crippen LogP contribution in [0.15, 0.2) is 24.3 Å². The zero-order valence-electron chi connectivity index (χ0n) is 26.4. The summed E-state index contributed by atoms with van der Waals surface area (Å²) in [5, 5.41) is 12.1. The van der Waals surface area contributed by atoms with E-state index in [1.54, 1.807) is 6.07 Å². The van der Waals surface area contributed by atoms with Gasteiger partial charge in [0, 0.05) is 38.0 Å². The number of rotatable bonds is 5. The lowest BCUT2D eigenvalue weighted by atomic mass is 9.82. The number of hydrogen-bond donors (Lipinski definition) is 1. The van der Waals surface area contributed by atoms with Crippen LogP contribution in [0.2, 0.25) is 0 Å². The first kappa shape index (κ1) is 29.5. The van der Waals surface area contributed by atoms with Crippen LogP contribution in [-0.4, -0.2) is 75.1 Å². The summed E-state index contributed by atoms with van der Waals surface area (Å²) in [6.45, 7) is 5.29. The summed E-state index contributed by atoms with van der Waals surface area (Å²) in [7, 11) is 1.95. The van der Waals surface area contributed by atoms with E-state index in [9.17, 15) is 9.50 Å². The van der Waals surface area contributed by atoms with E-state index in [2.05, 4.69) is 14.8 Å². The predicted octanol–water partition coefficient (Wildman–Crippen LogP) is 6.88. The van der Waals surface area contributed by atoms with Crippen molar-refractivity contribution in [1.82, 2.24) is 19.9 Å². The molecule has 1 aliphatic carbocycles. The maximum absolute atomic E-state index is 17.1. The molecule has 0 amide bonds. The van der Waals surface area contributed by atoms with Gasteiger partial charge in [0.25, 0.3) is 0 Å². The maximum atomic E-state index is 17.1. The van der Waals surface area contributed by atoms with E-state index in [1.807, 2.05) is 20.9 Å². The summed E-state index contributed by atoms with van der Waals surface area (Å²) in [6.07, 6.45) is 4.99. The molecule has 8 rings (SSSR count). The number of benzene rings is 2. The SMILES string of the molecule is CCc1c(F)ccc2cc(O)cc(-c3nc4c5c(nc(OC[C@@]67CCCN6C[C@H](F)C7)nc5c3F)N(C)C3CCCC(C)(C3)O4)c12. The largest absolute Gasteiger partial charge is 0.508 e. The van der Waals surface area contributed by atoms with E-state index in [4.69, 9.17) is 19.4 Å². The number of anilines is 1. The number of ether oxygens (including phenoxy) is 2. The van der Waals surface area contributed by atoms with Crippen molar-refractivity contribution in [2.75, 3.05) is 31.6 Å². The Morgan fingerprint density at radius 1 is 1.09 bits per heavy atom. The average molecular weight is 634 g/mol. The Morgan fingerprint density at radius 3 is 2.76 bits per heavy atom. The molecule has 242 valence electrons. The van der Waals surface area contributed by atoms with E-state index in [0.717, 1.165) is 45.1 Å². The summed E-state index contributed by atoms with van der Waals surface area (Å²) in [5.41, 5.74) is -0.480. The van der Waals surface area contributed by atoms with Crippen molar-refractivity contribution >= 4 is 27.5 Å².